The molecule has 132 valence electrons. The summed E-state index contributed by atoms with van der Waals surface area (Å²) in [4.78, 5) is 15.0. The molecule has 4 heteroatoms. The van der Waals surface area contributed by atoms with E-state index in [4.69, 9.17) is 9.47 Å². The highest BCUT2D eigenvalue weighted by molar-refractivity contribution is 5.82. The van der Waals surface area contributed by atoms with Crippen molar-refractivity contribution < 1.29 is 14.3 Å². The van der Waals surface area contributed by atoms with Gasteiger partial charge in [-0.25, -0.2) is 0 Å². The maximum Gasteiger partial charge on any atom is 0.267 e. The number of rotatable bonds is 5. The average Bonchev–Trinajstić information content (AvgIpc) is 2.61. The first-order valence-electron chi connectivity index (χ1n) is 8.76. The Balaban J connectivity index is 1.77. The van der Waals surface area contributed by atoms with Crippen molar-refractivity contribution in [1.82, 2.24) is 4.90 Å². The Morgan fingerprint density at radius 3 is 2.52 bits per heavy atom. The first-order valence-corrected chi connectivity index (χ1v) is 8.76. The zero-order chi connectivity index (χ0) is 17.8. The van der Waals surface area contributed by atoms with Crippen LogP contribution in [0.3, 0.4) is 0 Å². The second-order valence-electron chi connectivity index (χ2n) is 6.90. The molecule has 0 N–H and O–H groups in total. The van der Waals surface area contributed by atoms with Crippen LogP contribution in [0.2, 0.25) is 0 Å². The van der Waals surface area contributed by atoms with Crippen molar-refractivity contribution in [1.29, 1.82) is 0 Å². The van der Waals surface area contributed by atoms with Gasteiger partial charge in [-0.05, 0) is 36.1 Å². The molecule has 0 unspecified atom stereocenters. The molecule has 1 atom stereocenters. The van der Waals surface area contributed by atoms with Crippen LogP contribution in [0.25, 0.3) is 0 Å². The number of ether oxygens (including phenoxy) is 2. The molecule has 0 saturated heterocycles. The highest BCUT2D eigenvalue weighted by Gasteiger charge is 2.31. The fourth-order valence-electron chi connectivity index (χ4n) is 3.01. The molecule has 0 spiro atoms. The van der Waals surface area contributed by atoms with E-state index in [0.29, 0.717) is 30.5 Å². The van der Waals surface area contributed by atoms with Crippen LogP contribution < -0.4 is 9.47 Å². The number of hydrogen-bond donors (Lipinski definition) is 0. The van der Waals surface area contributed by atoms with Crippen LogP contribution in [0.5, 0.6) is 11.5 Å². The lowest BCUT2D eigenvalue weighted by Gasteiger charge is -2.32. The first-order chi connectivity index (χ1) is 12.0. The number of hydrogen-bond acceptors (Lipinski definition) is 3. The van der Waals surface area contributed by atoms with E-state index < -0.39 is 6.10 Å². The smallest absolute Gasteiger partial charge is 0.267 e. The van der Waals surface area contributed by atoms with E-state index in [1.807, 2.05) is 41.3 Å². The second-order valence-corrected chi connectivity index (χ2v) is 6.90. The summed E-state index contributed by atoms with van der Waals surface area (Å²) in [5.41, 5.74) is 2.35. The van der Waals surface area contributed by atoms with Gasteiger partial charge in [-0.1, -0.05) is 50.2 Å². The maximum atomic E-state index is 13.1. The molecule has 0 radical (unpaired) electrons. The summed E-state index contributed by atoms with van der Waals surface area (Å²) >= 11 is 0. The van der Waals surface area contributed by atoms with Crippen LogP contribution in [-0.2, 0) is 11.3 Å². The molecule has 1 amide bonds. The van der Waals surface area contributed by atoms with Gasteiger partial charge in [-0.15, -0.1) is 0 Å². The molecule has 2 aromatic carbocycles. The fraction of sp³-hybridized carbons (Fsp3) is 0.381. The molecule has 0 fully saturated rings. The summed E-state index contributed by atoms with van der Waals surface area (Å²) in [6, 6.07) is 15.6. The molecule has 25 heavy (non-hydrogen) atoms. The zero-order valence-electron chi connectivity index (χ0n) is 15.1. The van der Waals surface area contributed by atoms with Crippen molar-refractivity contribution in [2.24, 2.45) is 5.92 Å². The van der Waals surface area contributed by atoms with Gasteiger partial charge in [0.2, 0.25) is 6.10 Å². The predicted octanol–water partition coefficient (Wildman–Crippen LogP) is 3.82. The molecule has 2 aromatic rings. The molecule has 1 heterocycles. The molecule has 1 aliphatic rings. The summed E-state index contributed by atoms with van der Waals surface area (Å²) in [6.07, 6.45) is -0.599. The number of benzene rings is 2. The molecule has 1 aliphatic heterocycles. The van der Waals surface area contributed by atoms with Crippen LogP contribution in [0.4, 0.5) is 0 Å². The zero-order valence-corrected chi connectivity index (χ0v) is 15.1. The SMILES string of the molecule is Cc1ccccc1CN(CC(C)C)C(=O)[C@H]1COc2ccccc2O1. The largest absolute Gasteiger partial charge is 0.485 e. The lowest BCUT2D eigenvalue weighted by Crippen LogP contribution is -2.47. The number of nitrogens with zero attached hydrogens (tertiary/aromatic N) is 1. The van der Waals surface area contributed by atoms with Gasteiger partial charge in [-0.2, -0.15) is 0 Å². The summed E-state index contributed by atoms with van der Waals surface area (Å²) in [7, 11) is 0. The van der Waals surface area contributed by atoms with E-state index in [1.165, 1.54) is 5.56 Å². The molecule has 0 bridgehead atoms. The van der Waals surface area contributed by atoms with Gasteiger partial charge in [0.15, 0.2) is 11.5 Å². The van der Waals surface area contributed by atoms with Crippen molar-refractivity contribution in [2.45, 2.75) is 33.4 Å². The van der Waals surface area contributed by atoms with Gasteiger partial charge in [-0.3, -0.25) is 4.79 Å². The van der Waals surface area contributed by atoms with E-state index in [1.54, 1.807) is 0 Å². The molecular formula is C21H25NO3. The van der Waals surface area contributed by atoms with Crippen LogP contribution in [0.1, 0.15) is 25.0 Å². The van der Waals surface area contributed by atoms with E-state index in [-0.39, 0.29) is 12.5 Å². The van der Waals surface area contributed by atoms with E-state index in [9.17, 15) is 4.79 Å². The van der Waals surface area contributed by atoms with Gasteiger partial charge < -0.3 is 14.4 Å². The van der Waals surface area contributed by atoms with Gasteiger partial charge >= 0.3 is 0 Å². The van der Waals surface area contributed by atoms with E-state index >= 15 is 0 Å². The minimum atomic E-state index is -0.599. The minimum absolute atomic E-state index is 0.0218. The lowest BCUT2D eigenvalue weighted by molar-refractivity contribution is -0.142. The predicted molar refractivity (Wildman–Crippen MR) is 97.8 cm³/mol. The van der Waals surface area contributed by atoms with E-state index in [2.05, 4.69) is 32.9 Å². The van der Waals surface area contributed by atoms with E-state index in [0.717, 1.165) is 5.56 Å². The topological polar surface area (TPSA) is 38.8 Å². The standard InChI is InChI=1S/C21H25NO3/c1-15(2)12-22(13-17-9-5-4-8-16(17)3)21(23)20-14-24-18-10-6-7-11-19(18)25-20/h4-11,15,20H,12-14H2,1-3H3/t20-/m1/s1. The molecule has 4 nitrogen and oxygen atoms in total. The fourth-order valence-corrected chi connectivity index (χ4v) is 3.01. The third kappa shape index (κ3) is 4.13. The van der Waals surface area contributed by atoms with Crippen molar-refractivity contribution in [3.63, 3.8) is 0 Å². The quantitative estimate of drug-likeness (QED) is 0.831. The number of para-hydroxylation sites is 2. The molecule has 0 saturated carbocycles. The number of amides is 1. The first kappa shape index (κ1) is 17.3. The number of aryl methyl sites for hydroxylation is 1. The number of carbonyl (C=O) groups is 1. The van der Waals surface area contributed by atoms with Crippen LogP contribution in [-0.4, -0.2) is 30.1 Å². The Bertz CT molecular complexity index is 741. The molecule has 0 aromatic heterocycles. The Labute approximate surface area is 149 Å². The van der Waals surface area contributed by atoms with Crippen LogP contribution >= 0.6 is 0 Å². The minimum Gasteiger partial charge on any atom is -0.485 e. The third-order valence-corrected chi connectivity index (χ3v) is 4.30. The van der Waals surface area contributed by atoms with Gasteiger partial charge in [0.25, 0.3) is 5.91 Å². The molecule has 3 rings (SSSR count). The highest BCUT2D eigenvalue weighted by Crippen LogP contribution is 2.31. The number of fused-ring (bicyclic) bond motifs is 1. The van der Waals surface area contributed by atoms with Crippen molar-refractivity contribution >= 4 is 5.91 Å². The van der Waals surface area contributed by atoms with Crippen molar-refractivity contribution in [3.8, 4) is 11.5 Å². The normalized spacial score (nSPS) is 15.9. The lowest BCUT2D eigenvalue weighted by atomic mass is 10.1. The highest BCUT2D eigenvalue weighted by atomic mass is 16.6. The van der Waals surface area contributed by atoms with Gasteiger partial charge in [0, 0.05) is 13.1 Å². The summed E-state index contributed by atoms with van der Waals surface area (Å²) in [5.74, 6) is 1.68. The second kappa shape index (κ2) is 7.60. The van der Waals surface area contributed by atoms with Gasteiger partial charge in [0.1, 0.15) is 6.61 Å². The summed E-state index contributed by atoms with van der Waals surface area (Å²) in [6.45, 7) is 7.83. The van der Waals surface area contributed by atoms with Crippen LogP contribution in [0, 0.1) is 12.8 Å². The summed E-state index contributed by atoms with van der Waals surface area (Å²) < 4.78 is 11.6. The van der Waals surface area contributed by atoms with Crippen LogP contribution in [0.15, 0.2) is 48.5 Å². The Hall–Kier alpha value is -2.49. The van der Waals surface area contributed by atoms with Gasteiger partial charge in [0.05, 0.1) is 0 Å². The summed E-state index contributed by atoms with van der Waals surface area (Å²) in [5, 5.41) is 0. The third-order valence-electron chi connectivity index (χ3n) is 4.30. The number of carbonyl (C=O) groups excluding carboxylic acids is 1. The molecular weight excluding hydrogens is 314 g/mol. The Morgan fingerprint density at radius 2 is 1.80 bits per heavy atom. The average molecular weight is 339 g/mol. The Kier molecular flexibility index (Phi) is 5.27. The van der Waals surface area contributed by atoms with Crippen molar-refractivity contribution in [2.75, 3.05) is 13.2 Å². The Morgan fingerprint density at radius 1 is 1.12 bits per heavy atom. The van der Waals surface area contributed by atoms with Crippen molar-refractivity contribution in [3.05, 3.63) is 59.7 Å². The maximum absolute atomic E-state index is 13.1. The monoisotopic (exact) mass is 339 g/mol. The molecule has 0 aliphatic carbocycles.